The number of para-hydroxylation sites is 2. The van der Waals surface area contributed by atoms with Crippen molar-refractivity contribution in [3.63, 3.8) is 0 Å². The minimum Gasteiger partial charge on any atom is -0.493 e. The van der Waals surface area contributed by atoms with E-state index in [-0.39, 0.29) is 5.91 Å². The van der Waals surface area contributed by atoms with Crippen LogP contribution in [0.25, 0.3) is 0 Å². The molecule has 0 heterocycles. The van der Waals surface area contributed by atoms with Crippen LogP contribution in [0.3, 0.4) is 0 Å². The van der Waals surface area contributed by atoms with Crippen LogP contribution < -0.4 is 19.5 Å². The molecule has 3 aromatic carbocycles. The molecule has 5 heteroatoms. The highest BCUT2D eigenvalue weighted by molar-refractivity contribution is 6.06. The van der Waals surface area contributed by atoms with Crippen LogP contribution in [0.1, 0.15) is 15.9 Å². The third-order valence-electron chi connectivity index (χ3n) is 4.08. The summed E-state index contributed by atoms with van der Waals surface area (Å²) in [5, 5.41) is 2.92. The van der Waals surface area contributed by atoms with Crippen molar-refractivity contribution >= 4 is 11.6 Å². The molecule has 1 amide bonds. The zero-order valence-corrected chi connectivity index (χ0v) is 15.5. The van der Waals surface area contributed by atoms with Gasteiger partial charge in [-0.3, -0.25) is 4.79 Å². The van der Waals surface area contributed by atoms with Gasteiger partial charge in [-0.25, -0.2) is 0 Å². The van der Waals surface area contributed by atoms with Gasteiger partial charge in [0.05, 0.1) is 19.8 Å². The normalized spacial score (nSPS) is 10.2. The maximum absolute atomic E-state index is 12.9. The van der Waals surface area contributed by atoms with E-state index in [4.69, 9.17) is 14.2 Å². The lowest BCUT2D eigenvalue weighted by Crippen LogP contribution is -2.14. The summed E-state index contributed by atoms with van der Waals surface area (Å²) in [6.07, 6.45) is 0. The van der Waals surface area contributed by atoms with E-state index in [1.165, 1.54) is 0 Å². The Bertz CT molecular complexity index is 938. The summed E-state index contributed by atoms with van der Waals surface area (Å²) in [7, 11) is 3.13. The number of aryl methyl sites for hydroxylation is 1. The number of carbonyl (C=O) groups is 1. The molecule has 0 unspecified atom stereocenters. The first-order valence-corrected chi connectivity index (χ1v) is 8.48. The Morgan fingerprint density at radius 3 is 2.15 bits per heavy atom. The second-order valence-corrected chi connectivity index (χ2v) is 5.89. The minimum absolute atomic E-state index is 0.267. The molecule has 0 aliphatic carbocycles. The summed E-state index contributed by atoms with van der Waals surface area (Å²) >= 11 is 0. The van der Waals surface area contributed by atoms with Crippen molar-refractivity contribution < 1.29 is 19.0 Å². The first kappa shape index (κ1) is 18.3. The summed E-state index contributed by atoms with van der Waals surface area (Å²) in [5.74, 6) is 2.05. The lowest BCUT2D eigenvalue weighted by molar-refractivity contribution is 0.102. The number of ether oxygens (including phenoxy) is 3. The highest BCUT2D eigenvalue weighted by Gasteiger charge is 2.16. The van der Waals surface area contributed by atoms with Gasteiger partial charge in [0.1, 0.15) is 11.5 Å². The van der Waals surface area contributed by atoms with E-state index in [1.54, 1.807) is 38.5 Å². The summed E-state index contributed by atoms with van der Waals surface area (Å²) in [6, 6.07) is 20.0. The molecule has 0 saturated heterocycles. The van der Waals surface area contributed by atoms with Gasteiger partial charge in [-0.05, 0) is 42.8 Å². The summed E-state index contributed by atoms with van der Waals surface area (Å²) in [4.78, 5) is 12.9. The van der Waals surface area contributed by atoms with Crippen LogP contribution in [0.5, 0.6) is 23.0 Å². The predicted molar refractivity (Wildman–Crippen MR) is 105 cm³/mol. The van der Waals surface area contributed by atoms with Crippen LogP contribution in [-0.2, 0) is 0 Å². The molecule has 0 bridgehead atoms. The van der Waals surface area contributed by atoms with Crippen LogP contribution >= 0.6 is 0 Å². The fourth-order valence-corrected chi connectivity index (χ4v) is 2.66. The molecule has 0 saturated carbocycles. The molecule has 0 fully saturated rings. The summed E-state index contributed by atoms with van der Waals surface area (Å²) in [6.45, 7) is 1.89. The second kappa shape index (κ2) is 8.27. The quantitative estimate of drug-likeness (QED) is 0.665. The molecule has 1 N–H and O–H groups in total. The number of methoxy groups -OCH3 is 2. The SMILES string of the molecule is COc1cc(C)c(NC(=O)c2ccccc2Oc2ccccc2)cc1OC. The predicted octanol–water partition coefficient (Wildman–Crippen LogP) is 5.06. The van der Waals surface area contributed by atoms with Gasteiger partial charge in [-0.2, -0.15) is 0 Å². The van der Waals surface area contributed by atoms with Gasteiger partial charge < -0.3 is 19.5 Å². The fourth-order valence-electron chi connectivity index (χ4n) is 2.66. The molecule has 3 aromatic rings. The molecule has 5 nitrogen and oxygen atoms in total. The molecular weight excluding hydrogens is 342 g/mol. The van der Waals surface area contributed by atoms with Crippen molar-refractivity contribution in [1.29, 1.82) is 0 Å². The van der Waals surface area contributed by atoms with Crippen LogP contribution in [0.4, 0.5) is 5.69 Å². The number of anilines is 1. The van der Waals surface area contributed by atoms with Crippen molar-refractivity contribution in [1.82, 2.24) is 0 Å². The Morgan fingerprint density at radius 2 is 1.44 bits per heavy atom. The van der Waals surface area contributed by atoms with Crippen LogP contribution in [0.15, 0.2) is 66.7 Å². The zero-order chi connectivity index (χ0) is 19.2. The topological polar surface area (TPSA) is 56.8 Å². The highest BCUT2D eigenvalue weighted by Crippen LogP contribution is 2.33. The van der Waals surface area contributed by atoms with Crippen LogP contribution in [0, 0.1) is 6.92 Å². The van der Waals surface area contributed by atoms with Gasteiger partial charge in [0.15, 0.2) is 11.5 Å². The Kier molecular flexibility index (Phi) is 5.61. The van der Waals surface area contributed by atoms with Crippen molar-refractivity contribution in [2.75, 3.05) is 19.5 Å². The van der Waals surface area contributed by atoms with Crippen molar-refractivity contribution in [2.45, 2.75) is 6.92 Å². The number of rotatable bonds is 6. The first-order chi connectivity index (χ1) is 13.1. The zero-order valence-electron chi connectivity index (χ0n) is 15.5. The maximum atomic E-state index is 12.9. The van der Waals surface area contributed by atoms with Crippen molar-refractivity contribution in [3.8, 4) is 23.0 Å². The number of amides is 1. The first-order valence-electron chi connectivity index (χ1n) is 8.48. The monoisotopic (exact) mass is 363 g/mol. The van der Waals surface area contributed by atoms with E-state index >= 15 is 0 Å². The lowest BCUT2D eigenvalue weighted by atomic mass is 10.1. The lowest BCUT2D eigenvalue weighted by Gasteiger charge is -2.15. The van der Waals surface area contributed by atoms with Gasteiger partial charge in [-0.15, -0.1) is 0 Å². The maximum Gasteiger partial charge on any atom is 0.259 e. The van der Waals surface area contributed by atoms with Crippen LogP contribution in [0.2, 0.25) is 0 Å². The number of hydrogen-bond acceptors (Lipinski definition) is 4. The number of nitrogens with one attached hydrogen (secondary N) is 1. The van der Waals surface area contributed by atoms with Crippen LogP contribution in [-0.4, -0.2) is 20.1 Å². The Morgan fingerprint density at radius 1 is 0.815 bits per heavy atom. The van der Waals surface area contributed by atoms with Crippen molar-refractivity contribution in [2.24, 2.45) is 0 Å². The molecule has 0 aliphatic rings. The van der Waals surface area contributed by atoms with E-state index in [2.05, 4.69) is 5.32 Å². The van der Waals surface area contributed by atoms with Gasteiger partial charge in [0.2, 0.25) is 0 Å². The Labute approximate surface area is 158 Å². The average molecular weight is 363 g/mol. The standard InChI is InChI=1S/C22H21NO4/c1-15-13-20(25-2)21(26-3)14-18(15)23-22(24)17-11-7-8-12-19(17)27-16-9-5-4-6-10-16/h4-14H,1-3H3,(H,23,24). The number of benzene rings is 3. The molecule has 3 rings (SSSR count). The van der Waals surface area contributed by atoms with Gasteiger partial charge >= 0.3 is 0 Å². The highest BCUT2D eigenvalue weighted by atomic mass is 16.5. The van der Waals surface area contributed by atoms with E-state index in [0.717, 1.165) is 5.56 Å². The molecule has 0 aliphatic heterocycles. The van der Waals surface area contributed by atoms with E-state index < -0.39 is 0 Å². The third-order valence-corrected chi connectivity index (χ3v) is 4.08. The number of carbonyl (C=O) groups excluding carboxylic acids is 1. The fraction of sp³-hybridized carbons (Fsp3) is 0.136. The summed E-state index contributed by atoms with van der Waals surface area (Å²) < 4.78 is 16.5. The third kappa shape index (κ3) is 4.20. The van der Waals surface area contributed by atoms with E-state index in [1.807, 2.05) is 49.4 Å². The summed E-state index contributed by atoms with van der Waals surface area (Å²) in [5.41, 5.74) is 1.95. The van der Waals surface area contributed by atoms with E-state index in [0.29, 0.717) is 34.2 Å². The molecule has 138 valence electrons. The largest absolute Gasteiger partial charge is 0.493 e. The minimum atomic E-state index is -0.267. The van der Waals surface area contributed by atoms with Crippen molar-refractivity contribution in [3.05, 3.63) is 77.9 Å². The second-order valence-electron chi connectivity index (χ2n) is 5.89. The van der Waals surface area contributed by atoms with Gasteiger partial charge in [0.25, 0.3) is 5.91 Å². The Balaban J connectivity index is 1.87. The van der Waals surface area contributed by atoms with Gasteiger partial charge in [-0.1, -0.05) is 30.3 Å². The molecule has 0 aromatic heterocycles. The van der Waals surface area contributed by atoms with E-state index in [9.17, 15) is 4.79 Å². The molecular formula is C22H21NO4. The average Bonchev–Trinajstić information content (AvgIpc) is 2.70. The Hall–Kier alpha value is -3.47. The molecule has 0 spiro atoms. The number of hydrogen-bond donors (Lipinski definition) is 1. The molecule has 27 heavy (non-hydrogen) atoms. The molecule has 0 radical (unpaired) electrons. The molecule has 0 atom stereocenters. The van der Waals surface area contributed by atoms with Gasteiger partial charge in [0, 0.05) is 11.8 Å². The smallest absolute Gasteiger partial charge is 0.259 e.